The first-order chi connectivity index (χ1) is 17.6. The molecule has 2 heterocycles. The van der Waals surface area contributed by atoms with Crippen molar-refractivity contribution in [2.24, 2.45) is 5.92 Å². The van der Waals surface area contributed by atoms with Crippen molar-refractivity contribution in [3.63, 3.8) is 0 Å². The molecule has 3 aliphatic rings. The molecule has 0 radical (unpaired) electrons. The molecule has 13 heteroatoms. The van der Waals surface area contributed by atoms with Crippen molar-refractivity contribution in [2.75, 3.05) is 12.8 Å². The van der Waals surface area contributed by atoms with Gasteiger partial charge in [0.05, 0.1) is 18.5 Å². The summed E-state index contributed by atoms with van der Waals surface area (Å²) in [4.78, 5) is 11.8. The molecule has 216 valence electrons. The van der Waals surface area contributed by atoms with E-state index in [-0.39, 0.29) is 5.92 Å². The second kappa shape index (κ2) is 14.3. The number of hydrogen-bond donors (Lipinski definition) is 3. The molecule has 0 atom stereocenters. The summed E-state index contributed by atoms with van der Waals surface area (Å²) in [5, 5.41) is 11.2. The first kappa shape index (κ1) is 32.0. The highest BCUT2D eigenvalue weighted by atomic mass is 32.3. The van der Waals surface area contributed by atoms with Crippen LogP contribution in [0.25, 0.3) is 0 Å². The minimum absolute atomic E-state index is 0.0862. The average Bonchev–Trinajstić information content (AvgIpc) is 2.82. The minimum Gasteiger partial charge on any atom is -0.288 e. The van der Waals surface area contributed by atoms with Gasteiger partial charge in [-0.2, -0.15) is 16.8 Å². The largest absolute Gasteiger partial charge is 0.465 e. The topological polar surface area (TPSA) is 163 Å². The highest BCUT2D eigenvalue weighted by molar-refractivity contribution is 7.85. The molecule has 0 amide bonds. The molecular weight excluding hydrogens is 536 g/mol. The van der Waals surface area contributed by atoms with E-state index in [0.717, 1.165) is 43.4 Å². The molecule has 2 fully saturated rings. The predicted octanol–water partition coefficient (Wildman–Crippen LogP) is 4.04. The number of hydroxylamine groups is 2. The molecule has 38 heavy (non-hydrogen) atoms. The van der Waals surface area contributed by atoms with Crippen molar-refractivity contribution in [1.29, 1.82) is 0 Å². The predicted molar refractivity (Wildman–Crippen MR) is 144 cm³/mol. The SMILES string of the molecule is CC1=CCN(O)C(C2CCCCC2)=C1.CS(=O)(=O)O.Cc1cc(C2CCCCC2)n(OS(=O)(=O)O)c(=O)c1. The van der Waals surface area contributed by atoms with Crippen LogP contribution >= 0.6 is 0 Å². The fraction of sp³-hybridized carbons (Fsp3) is 0.640. The summed E-state index contributed by atoms with van der Waals surface area (Å²) in [7, 11) is -8.38. The van der Waals surface area contributed by atoms with E-state index < -0.39 is 26.1 Å². The van der Waals surface area contributed by atoms with E-state index in [9.17, 15) is 26.8 Å². The van der Waals surface area contributed by atoms with Gasteiger partial charge in [-0.05, 0) is 57.2 Å². The monoisotopic (exact) mass is 576 g/mol. The first-order valence-electron chi connectivity index (χ1n) is 12.8. The summed E-state index contributed by atoms with van der Waals surface area (Å²) in [5.74, 6) is 0.681. The van der Waals surface area contributed by atoms with Gasteiger partial charge in [-0.3, -0.25) is 28.5 Å². The third-order valence-corrected chi connectivity index (χ3v) is 6.97. The number of nitrogens with zero attached hydrogens (tertiary/aromatic N) is 2. The molecule has 1 aliphatic heterocycles. The molecular formula is C25H40N2O9S2. The quantitative estimate of drug-likeness (QED) is 0.446. The number of aryl methyl sites for hydroxylation is 1. The maximum atomic E-state index is 11.8. The summed E-state index contributed by atoms with van der Waals surface area (Å²) >= 11 is 0. The zero-order valence-corrected chi connectivity index (χ0v) is 23.9. The van der Waals surface area contributed by atoms with Crippen LogP contribution in [0.5, 0.6) is 0 Å². The van der Waals surface area contributed by atoms with Crippen LogP contribution in [0.4, 0.5) is 0 Å². The number of aromatic nitrogens is 1. The molecule has 1 aromatic heterocycles. The fourth-order valence-electron chi connectivity index (χ4n) is 5.00. The van der Waals surface area contributed by atoms with Gasteiger partial charge in [0.15, 0.2) is 0 Å². The molecule has 3 N–H and O–H groups in total. The Morgan fingerprint density at radius 2 is 1.37 bits per heavy atom. The molecule has 0 aromatic carbocycles. The normalized spacial score (nSPS) is 19.3. The van der Waals surface area contributed by atoms with Gasteiger partial charge >= 0.3 is 10.4 Å². The summed E-state index contributed by atoms with van der Waals surface area (Å²) in [6.45, 7) is 4.54. The Balaban J connectivity index is 0.000000234. The van der Waals surface area contributed by atoms with Crippen LogP contribution in [-0.4, -0.2) is 53.7 Å². The van der Waals surface area contributed by atoms with Crippen molar-refractivity contribution < 1.29 is 35.4 Å². The van der Waals surface area contributed by atoms with Gasteiger partial charge in [0.1, 0.15) is 0 Å². The lowest BCUT2D eigenvalue weighted by Gasteiger charge is -2.31. The Kier molecular flexibility index (Phi) is 12.0. The first-order valence-corrected chi connectivity index (χ1v) is 16.0. The number of pyridine rings is 1. The molecule has 0 bridgehead atoms. The molecule has 1 aromatic rings. The molecule has 0 saturated heterocycles. The summed E-state index contributed by atoms with van der Waals surface area (Å²) in [5.41, 5.74) is 3.11. The van der Waals surface area contributed by atoms with Crippen LogP contribution in [0, 0.1) is 12.8 Å². The van der Waals surface area contributed by atoms with Gasteiger partial charge in [0.2, 0.25) is 0 Å². The lowest BCUT2D eigenvalue weighted by Crippen LogP contribution is -2.34. The smallest absolute Gasteiger partial charge is 0.288 e. The van der Waals surface area contributed by atoms with Crippen LogP contribution in [-0.2, 0) is 20.5 Å². The van der Waals surface area contributed by atoms with Crippen LogP contribution in [0.3, 0.4) is 0 Å². The zero-order valence-electron chi connectivity index (χ0n) is 22.2. The van der Waals surface area contributed by atoms with Gasteiger partial charge in [-0.15, -0.1) is 4.73 Å². The van der Waals surface area contributed by atoms with Crippen molar-refractivity contribution in [2.45, 2.75) is 84.0 Å². The number of rotatable bonds is 4. The van der Waals surface area contributed by atoms with Gasteiger partial charge in [-0.25, -0.2) is 0 Å². The maximum absolute atomic E-state index is 11.8. The number of hydrogen-bond acceptors (Lipinski definition) is 8. The molecule has 0 unspecified atom stereocenters. The summed E-state index contributed by atoms with van der Waals surface area (Å²) in [6.07, 6.45) is 16.4. The van der Waals surface area contributed by atoms with Gasteiger partial charge in [0.25, 0.3) is 15.7 Å². The van der Waals surface area contributed by atoms with E-state index in [4.69, 9.17) is 9.11 Å². The molecule has 0 spiro atoms. The Hall–Kier alpha value is -2.19. The third-order valence-electron chi connectivity index (χ3n) is 6.64. The van der Waals surface area contributed by atoms with E-state index in [1.807, 2.05) is 0 Å². The van der Waals surface area contributed by atoms with Crippen molar-refractivity contribution in [3.05, 3.63) is 57.2 Å². The lowest BCUT2D eigenvalue weighted by atomic mass is 9.85. The second-order valence-electron chi connectivity index (χ2n) is 10.1. The van der Waals surface area contributed by atoms with Gasteiger partial charge < -0.3 is 0 Å². The van der Waals surface area contributed by atoms with Crippen LogP contribution in [0.2, 0.25) is 0 Å². The van der Waals surface area contributed by atoms with Crippen molar-refractivity contribution in [1.82, 2.24) is 9.79 Å². The Morgan fingerprint density at radius 3 is 1.87 bits per heavy atom. The Bertz CT molecular complexity index is 1250. The molecule has 11 nitrogen and oxygen atoms in total. The minimum atomic E-state index is -4.71. The summed E-state index contributed by atoms with van der Waals surface area (Å²) in [6, 6.07) is 3.01. The highest BCUT2D eigenvalue weighted by Gasteiger charge is 2.24. The lowest BCUT2D eigenvalue weighted by molar-refractivity contribution is -0.0582. The third kappa shape index (κ3) is 11.7. The van der Waals surface area contributed by atoms with E-state index in [1.165, 1.54) is 48.8 Å². The average molecular weight is 577 g/mol. The van der Waals surface area contributed by atoms with E-state index in [0.29, 0.717) is 29.1 Å². The van der Waals surface area contributed by atoms with Crippen molar-refractivity contribution >= 4 is 20.5 Å². The maximum Gasteiger partial charge on any atom is 0.465 e. The van der Waals surface area contributed by atoms with E-state index in [1.54, 1.807) is 13.0 Å². The Morgan fingerprint density at radius 1 is 0.868 bits per heavy atom. The van der Waals surface area contributed by atoms with Crippen LogP contribution < -0.4 is 9.84 Å². The fourth-order valence-corrected chi connectivity index (χ4v) is 5.35. The van der Waals surface area contributed by atoms with Gasteiger partial charge in [-0.1, -0.05) is 50.2 Å². The molecule has 2 aliphatic carbocycles. The van der Waals surface area contributed by atoms with E-state index in [2.05, 4.69) is 23.4 Å². The zero-order chi connectivity index (χ0) is 28.5. The number of allylic oxidation sites excluding steroid dienone is 3. The van der Waals surface area contributed by atoms with Crippen LogP contribution in [0.15, 0.2) is 40.3 Å². The molecule has 2 saturated carbocycles. The van der Waals surface area contributed by atoms with E-state index >= 15 is 0 Å². The molecule has 4 rings (SSSR count). The highest BCUT2D eigenvalue weighted by Crippen LogP contribution is 2.33. The standard InChI is InChI=1S/C12H17NO5S.C12H19NO.CH4O3S/c1-9-7-11(10-5-3-2-4-6-10)13(12(14)8-9)18-19(15,16)17;1-10-7-8-13(14)12(9-10)11-5-3-2-4-6-11;1-5(2,3)4/h7-8,10H,2-6H2,1H3,(H,15,16,17);7,9,11,14H,2-6,8H2,1H3;1H3,(H,2,3,4). The van der Waals surface area contributed by atoms with Crippen LogP contribution in [0.1, 0.15) is 88.3 Å². The summed E-state index contributed by atoms with van der Waals surface area (Å²) < 4.78 is 61.4. The van der Waals surface area contributed by atoms with Gasteiger partial charge in [0, 0.05) is 23.6 Å². The van der Waals surface area contributed by atoms with Crippen molar-refractivity contribution in [3.8, 4) is 0 Å². The Labute approximate surface area is 225 Å². The second-order valence-corrected chi connectivity index (χ2v) is 12.6.